The number of ether oxygens (including phenoxy) is 2. The van der Waals surface area contributed by atoms with Crippen molar-refractivity contribution < 1.29 is 29.6 Å². The third kappa shape index (κ3) is 8.01. The molecule has 4 atom stereocenters. The Balaban J connectivity index is 0.000000440. The molecule has 1 aromatic carbocycles. The van der Waals surface area contributed by atoms with Crippen LogP contribution in [0, 0.1) is 19.3 Å². The molecule has 2 aliphatic rings. The molecule has 2 aliphatic heterocycles. The standard InChI is InChI=1S/C26H34ClN3O6.C6H5BrClN/c1-15-7-20(27)24(28-9-15)29-10-18(11-29)36-23-8-17(5-6-22(23)35-4)19-12-30(25(34)21(33)13-31)14-26(19,3)16(2)32;1-4-2-5(8)6(7)9-3-4/h5-9,16,18-19,21,31-33H,10-14H2,1-4H3;2-3H,1H3/t16-,19+,21+,26+;/m1./s1. The first-order chi connectivity index (χ1) is 21.3. The normalized spacial score (nSPS) is 21.0. The second-order valence-corrected chi connectivity index (χ2v) is 13.4. The van der Waals surface area contributed by atoms with Crippen LogP contribution in [0.4, 0.5) is 5.82 Å². The predicted octanol–water partition coefficient (Wildman–Crippen LogP) is 4.79. The number of benzene rings is 1. The lowest BCUT2D eigenvalue weighted by Crippen LogP contribution is -2.54. The highest BCUT2D eigenvalue weighted by molar-refractivity contribution is 9.10. The summed E-state index contributed by atoms with van der Waals surface area (Å²) in [5.41, 5.74) is 2.31. The van der Waals surface area contributed by atoms with E-state index in [1.54, 1.807) is 26.4 Å². The summed E-state index contributed by atoms with van der Waals surface area (Å²) in [4.78, 5) is 24.5. The van der Waals surface area contributed by atoms with Crippen LogP contribution >= 0.6 is 39.1 Å². The van der Waals surface area contributed by atoms with Crippen molar-refractivity contribution >= 4 is 50.9 Å². The number of methoxy groups -OCH3 is 1. The van der Waals surface area contributed by atoms with Gasteiger partial charge in [-0.15, -0.1) is 0 Å². The first-order valence-electron chi connectivity index (χ1n) is 14.5. The van der Waals surface area contributed by atoms with Gasteiger partial charge in [0.25, 0.3) is 5.91 Å². The van der Waals surface area contributed by atoms with Crippen molar-refractivity contribution in [3.05, 3.63) is 74.1 Å². The van der Waals surface area contributed by atoms with Crippen LogP contribution in [0.5, 0.6) is 11.5 Å². The number of halogens is 3. The van der Waals surface area contributed by atoms with E-state index in [1.165, 1.54) is 4.90 Å². The maximum atomic E-state index is 12.6. The molecule has 3 N–H and O–H groups in total. The van der Waals surface area contributed by atoms with Crippen LogP contribution in [0.15, 0.2) is 47.3 Å². The van der Waals surface area contributed by atoms with Gasteiger partial charge in [0.1, 0.15) is 16.5 Å². The summed E-state index contributed by atoms with van der Waals surface area (Å²) in [5, 5.41) is 31.0. The van der Waals surface area contributed by atoms with E-state index in [0.717, 1.165) is 22.5 Å². The summed E-state index contributed by atoms with van der Waals surface area (Å²) < 4.78 is 12.5. The van der Waals surface area contributed by atoms with Crippen molar-refractivity contribution in [1.82, 2.24) is 14.9 Å². The van der Waals surface area contributed by atoms with Crippen LogP contribution in [0.25, 0.3) is 0 Å². The molecule has 0 aliphatic carbocycles. The second-order valence-electron chi connectivity index (χ2n) is 11.8. The maximum Gasteiger partial charge on any atom is 0.253 e. The number of likely N-dealkylation sites (tertiary alicyclic amines) is 1. The van der Waals surface area contributed by atoms with Gasteiger partial charge in [0.05, 0.1) is 43.0 Å². The van der Waals surface area contributed by atoms with Crippen LogP contribution in [0.2, 0.25) is 10.0 Å². The van der Waals surface area contributed by atoms with Gasteiger partial charge in [0.15, 0.2) is 17.6 Å². The van der Waals surface area contributed by atoms with E-state index >= 15 is 0 Å². The molecule has 2 aromatic heterocycles. The van der Waals surface area contributed by atoms with Gasteiger partial charge in [-0.1, -0.05) is 36.2 Å². The number of aryl methyl sites for hydroxylation is 2. The third-order valence-electron chi connectivity index (χ3n) is 8.38. The van der Waals surface area contributed by atoms with Crippen molar-refractivity contribution in [2.45, 2.75) is 51.9 Å². The Hall–Kier alpha value is -2.67. The summed E-state index contributed by atoms with van der Waals surface area (Å²) in [6.07, 6.45) is 1.27. The van der Waals surface area contributed by atoms with Crippen LogP contribution in [0.3, 0.4) is 0 Å². The van der Waals surface area contributed by atoms with Gasteiger partial charge in [0.2, 0.25) is 0 Å². The first-order valence-corrected chi connectivity index (χ1v) is 16.1. The largest absolute Gasteiger partial charge is 0.493 e. The van der Waals surface area contributed by atoms with E-state index in [-0.39, 0.29) is 18.6 Å². The number of carbonyl (C=O) groups excluding carboxylic acids is 1. The molecule has 0 saturated carbocycles. The summed E-state index contributed by atoms with van der Waals surface area (Å²) in [5.74, 6) is 1.14. The highest BCUT2D eigenvalue weighted by Gasteiger charge is 2.49. The zero-order valence-electron chi connectivity index (χ0n) is 25.9. The smallest absolute Gasteiger partial charge is 0.253 e. The number of hydrogen-bond donors (Lipinski definition) is 3. The average Bonchev–Trinajstić information content (AvgIpc) is 3.35. The highest BCUT2D eigenvalue weighted by Crippen LogP contribution is 2.47. The lowest BCUT2D eigenvalue weighted by Gasteiger charge is -2.40. The fraction of sp³-hybridized carbons (Fsp3) is 0.469. The number of carbonyl (C=O) groups is 1. The number of aliphatic hydroxyl groups is 3. The van der Waals surface area contributed by atoms with Crippen LogP contribution in [-0.2, 0) is 4.79 Å². The minimum Gasteiger partial charge on any atom is -0.493 e. The molecular weight excluding hydrogens is 687 g/mol. The number of rotatable bonds is 8. The quantitative estimate of drug-likeness (QED) is 0.281. The summed E-state index contributed by atoms with van der Waals surface area (Å²) in [6, 6.07) is 9.39. The minimum atomic E-state index is -1.48. The maximum absolute atomic E-state index is 12.6. The van der Waals surface area contributed by atoms with Gasteiger partial charge in [0, 0.05) is 36.8 Å². The zero-order valence-corrected chi connectivity index (χ0v) is 29.0. The molecular formula is C32H39BrCl2N4O6. The molecule has 0 radical (unpaired) electrons. The van der Waals surface area contributed by atoms with E-state index in [1.807, 2.05) is 51.1 Å². The Morgan fingerprint density at radius 1 is 1.07 bits per heavy atom. The first kappa shape index (κ1) is 35.2. The second kappa shape index (κ2) is 14.8. The Morgan fingerprint density at radius 3 is 2.27 bits per heavy atom. The molecule has 0 bridgehead atoms. The molecule has 4 heterocycles. The third-order valence-corrected chi connectivity index (χ3v) is 9.80. The van der Waals surface area contributed by atoms with E-state index < -0.39 is 30.1 Å². The van der Waals surface area contributed by atoms with Gasteiger partial charge in [-0.05, 0) is 77.7 Å². The molecule has 45 heavy (non-hydrogen) atoms. The van der Waals surface area contributed by atoms with Crippen molar-refractivity contribution in [1.29, 1.82) is 0 Å². The number of hydrogen-bond acceptors (Lipinski definition) is 9. The summed E-state index contributed by atoms with van der Waals surface area (Å²) in [6.45, 7) is 8.69. The van der Waals surface area contributed by atoms with E-state index in [9.17, 15) is 20.1 Å². The van der Waals surface area contributed by atoms with Gasteiger partial charge >= 0.3 is 0 Å². The molecule has 3 aromatic rings. The van der Waals surface area contributed by atoms with E-state index in [0.29, 0.717) is 45.8 Å². The van der Waals surface area contributed by atoms with Crippen molar-refractivity contribution in [2.75, 3.05) is 44.8 Å². The fourth-order valence-corrected chi connectivity index (χ4v) is 6.30. The SMILES string of the molecule is COc1ccc([C@@H]2CN(C(=O)[C@@H](O)CO)C[C@@]2(C)[C@@H](C)O)cc1OC1CN(c2ncc(C)cc2Cl)C1.Cc1cnc(Br)c(Cl)c1. The van der Waals surface area contributed by atoms with Crippen LogP contribution < -0.4 is 14.4 Å². The molecule has 0 unspecified atom stereocenters. The van der Waals surface area contributed by atoms with Crippen LogP contribution in [-0.4, -0.2) is 94.3 Å². The Labute approximate surface area is 282 Å². The van der Waals surface area contributed by atoms with Gasteiger partial charge in [-0.25, -0.2) is 9.97 Å². The lowest BCUT2D eigenvalue weighted by atomic mass is 9.72. The molecule has 1 amide bonds. The zero-order chi connectivity index (χ0) is 33.1. The monoisotopic (exact) mass is 724 g/mol. The molecule has 244 valence electrons. The molecule has 2 fully saturated rings. The van der Waals surface area contributed by atoms with Crippen molar-refractivity contribution in [3.63, 3.8) is 0 Å². The van der Waals surface area contributed by atoms with Crippen molar-refractivity contribution in [2.24, 2.45) is 5.41 Å². The Kier molecular flexibility index (Phi) is 11.6. The molecule has 5 rings (SSSR count). The average molecular weight is 726 g/mol. The predicted molar refractivity (Wildman–Crippen MR) is 177 cm³/mol. The van der Waals surface area contributed by atoms with Gasteiger partial charge in [-0.2, -0.15) is 0 Å². The van der Waals surface area contributed by atoms with Crippen LogP contribution in [0.1, 0.15) is 36.5 Å². The van der Waals surface area contributed by atoms with Gasteiger partial charge in [-0.3, -0.25) is 4.79 Å². The molecule has 2 saturated heterocycles. The lowest BCUT2D eigenvalue weighted by molar-refractivity contribution is -0.141. The summed E-state index contributed by atoms with van der Waals surface area (Å²) in [7, 11) is 1.58. The number of aromatic nitrogens is 2. The van der Waals surface area contributed by atoms with E-state index in [4.69, 9.17) is 32.7 Å². The summed E-state index contributed by atoms with van der Waals surface area (Å²) >= 11 is 15.2. The number of nitrogens with zero attached hydrogens (tertiary/aromatic N) is 4. The Bertz CT molecular complexity index is 1510. The Morgan fingerprint density at radius 2 is 1.71 bits per heavy atom. The number of amides is 1. The molecule has 10 nitrogen and oxygen atoms in total. The minimum absolute atomic E-state index is 0.0853. The molecule has 13 heteroatoms. The molecule has 0 spiro atoms. The fourth-order valence-electron chi connectivity index (χ4n) is 5.52. The topological polar surface area (TPSA) is 128 Å². The number of aliphatic hydroxyl groups excluding tert-OH is 3. The number of anilines is 1. The highest BCUT2D eigenvalue weighted by atomic mass is 79.9. The van der Waals surface area contributed by atoms with Crippen molar-refractivity contribution in [3.8, 4) is 11.5 Å². The number of pyridine rings is 2. The van der Waals surface area contributed by atoms with E-state index in [2.05, 4.69) is 30.8 Å². The van der Waals surface area contributed by atoms with Gasteiger partial charge < -0.3 is 34.6 Å².